The molecule has 8 nitrogen and oxygen atoms in total. The van der Waals surface area contributed by atoms with Gasteiger partial charge in [-0.15, -0.1) is 0 Å². The zero-order valence-electron chi connectivity index (χ0n) is 19.1. The van der Waals surface area contributed by atoms with Crippen molar-refractivity contribution < 1.29 is 4.39 Å². The highest BCUT2D eigenvalue weighted by Crippen LogP contribution is 2.35. The largest absolute Gasteiger partial charge is 0.335 e. The second-order valence-electron chi connectivity index (χ2n) is 8.63. The minimum Gasteiger partial charge on any atom is -0.335 e. The van der Waals surface area contributed by atoms with Gasteiger partial charge >= 0.3 is 0 Å². The third kappa shape index (κ3) is 3.71. The number of rotatable bonds is 5. The lowest BCUT2D eigenvalue weighted by Crippen LogP contribution is -2.10. The highest BCUT2D eigenvalue weighted by molar-refractivity contribution is 5.97. The topological polar surface area (TPSA) is 99.3 Å². The average Bonchev–Trinajstić information content (AvgIpc) is 3.49. The highest BCUT2D eigenvalue weighted by atomic mass is 19.1. The van der Waals surface area contributed by atoms with Gasteiger partial charge in [0.05, 0.1) is 16.4 Å². The van der Waals surface area contributed by atoms with Crippen molar-refractivity contribution in [3.05, 3.63) is 78.8 Å². The molecule has 35 heavy (non-hydrogen) atoms. The summed E-state index contributed by atoms with van der Waals surface area (Å²) < 4.78 is 16.0. The summed E-state index contributed by atoms with van der Waals surface area (Å²) in [5, 5.41) is 7.69. The second-order valence-corrected chi connectivity index (χ2v) is 8.63. The van der Waals surface area contributed by atoms with E-state index in [-0.39, 0.29) is 5.82 Å². The number of H-pyrrole nitrogens is 2. The Morgan fingerprint density at radius 1 is 0.943 bits per heavy atom. The van der Waals surface area contributed by atoms with Crippen LogP contribution in [0.5, 0.6) is 0 Å². The lowest BCUT2D eigenvalue weighted by atomic mass is 10.0. The fourth-order valence-corrected chi connectivity index (χ4v) is 4.34. The predicted octanol–water partition coefficient (Wildman–Crippen LogP) is 4.83. The zero-order chi connectivity index (χ0) is 23.9. The molecule has 2 N–H and O–H groups in total. The van der Waals surface area contributed by atoms with Crippen molar-refractivity contribution in [2.75, 3.05) is 14.1 Å². The number of aromatic amines is 2. The average molecular weight is 465 g/mol. The van der Waals surface area contributed by atoms with Gasteiger partial charge in [-0.2, -0.15) is 5.10 Å². The molecule has 0 aliphatic rings. The van der Waals surface area contributed by atoms with Gasteiger partial charge in [0.15, 0.2) is 11.5 Å². The minimum atomic E-state index is -0.379. The number of aromatic nitrogens is 7. The molecule has 0 amide bonds. The van der Waals surface area contributed by atoms with Crippen LogP contribution in [-0.4, -0.2) is 54.1 Å². The van der Waals surface area contributed by atoms with Crippen molar-refractivity contribution >= 4 is 22.1 Å². The zero-order valence-corrected chi connectivity index (χ0v) is 19.1. The van der Waals surface area contributed by atoms with E-state index in [2.05, 4.69) is 35.1 Å². The Balaban J connectivity index is 1.49. The molecule has 0 aliphatic carbocycles. The molecular formula is C26H21FN8. The number of benzene rings is 1. The number of hydrogen-bond acceptors (Lipinski definition) is 6. The Hall–Kier alpha value is -4.50. The Kier molecular flexibility index (Phi) is 5.04. The van der Waals surface area contributed by atoms with Crippen molar-refractivity contribution in [2.24, 2.45) is 0 Å². The van der Waals surface area contributed by atoms with Crippen LogP contribution >= 0.6 is 0 Å². The molecule has 0 saturated carbocycles. The van der Waals surface area contributed by atoms with Gasteiger partial charge in [-0.1, -0.05) is 6.07 Å². The molecule has 5 aromatic heterocycles. The monoisotopic (exact) mass is 464 g/mol. The van der Waals surface area contributed by atoms with Crippen LogP contribution in [0.25, 0.3) is 55.8 Å². The van der Waals surface area contributed by atoms with Crippen molar-refractivity contribution in [1.29, 1.82) is 0 Å². The summed E-state index contributed by atoms with van der Waals surface area (Å²) in [6, 6.07) is 11.3. The third-order valence-corrected chi connectivity index (χ3v) is 5.86. The van der Waals surface area contributed by atoms with Gasteiger partial charge in [-0.25, -0.2) is 14.4 Å². The lowest BCUT2D eigenvalue weighted by molar-refractivity contribution is 0.402. The number of hydrogen-bond donors (Lipinski definition) is 2. The van der Waals surface area contributed by atoms with E-state index in [0.717, 1.165) is 22.2 Å². The van der Waals surface area contributed by atoms with Crippen molar-refractivity contribution in [2.45, 2.75) is 6.54 Å². The molecule has 0 unspecified atom stereocenters. The van der Waals surface area contributed by atoms with Crippen LogP contribution in [0.2, 0.25) is 0 Å². The number of pyridine rings is 3. The van der Waals surface area contributed by atoms with Crippen LogP contribution in [0.3, 0.4) is 0 Å². The fourth-order valence-electron chi connectivity index (χ4n) is 4.34. The summed E-state index contributed by atoms with van der Waals surface area (Å²) in [6.45, 7) is 0.715. The molecule has 0 spiro atoms. The van der Waals surface area contributed by atoms with Crippen molar-refractivity contribution in [1.82, 2.24) is 40.0 Å². The van der Waals surface area contributed by atoms with Crippen LogP contribution in [0, 0.1) is 5.82 Å². The Bertz CT molecular complexity index is 1670. The summed E-state index contributed by atoms with van der Waals surface area (Å²) in [5.41, 5.74) is 6.25. The molecule has 0 saturated heterocycles. The predicted molar refractivity (Wildman–Crippen MR) is 133 cm³/mol. The normalized spacial score (nSPS) is 11.7. The molecule has 0 radical (unpaired) electrons. The van der Waals surface area contributed by atoms with E-state index in [1.165, 1.54) is 0 Å². The minimum absolute atomic E-state index is 0.363. The number of nitrogens with one attached hydrogen (secondary N) is 2. The van der Waals surface area contributed by atoms with Crippen LogP contribution in [0.4, 0.5) is 4.39 Å². The SMILES string of the molecule is CN(C)Cc1cncc(-c2ccc3[nH]nc(-c4nc5nccc(-c6cccnc6)c5[nH]4)c3c2F)c1. The molecule has 172 valence electrons. The Morgan fingerprint density at radius 3 is 2.66 bits per heavy atom. The first-order valence-corrected chi connectivity index (χ1v) is 11.1. The lowest BCUT2D eigenvalue weighted by Gasteiger charge is -2.11. The molecule has 9 heteroatoms. The van der Waals surface area contributed by atoms with E-state index in [4.69, 9.17) is 0 Å². The molecule has 0 bridgehead atoms. The maximum absolute atomic E-state index is 16.0. The Morgan fingerprint density at radius 2 is 1.83 bits per heavy atom. The smallest absolute Gasteiger partial charge is 0.178 e. The maximum atomic E-state index is 16.0. The molecular weight excluding hydrogens is 443 g/mol. The number of fused-ring (bicyclic) bond motifs is 2. The summed E-state index contributed by atoms with van der Waals surface area (Å²) in [5.74, 6) is 0.0570. The number of nitrogens with zero attached hydrogens (tertiary/aromatic N) is 6. The highest BCUT2D eigenvalue weighted by Gasteiger charge is 2.20. The first kappa shape index (κ1) is 21.1. The maximum Gasteiger partial charge on any atom is 0.178 e. The Labute approximate surface area is 199 Å². The quantitative estimate of drug-likeness (QED) is 0.379. The van der Waals surface area contributed by atoms with Crippen molar-refractivity contribution in [3.8, 4) is 33.8 Å². The molecule has 0 fully saturated rings. The van der Waals surface area contributed by atoms with Gasteiger partial charge in [-0.3, -0.25) is 15.1 Å². The van der Waals surface area contributed by atoms with E-state index in [9.17, 15) is 0 Å². The number of imidazole rings is 1. The molecule has 1 aromatic carbocycles. The van der Waals surface area contributed by atoms with E-state index in [0.29, 0.717) is 45.7 Å². The molecule has 0 aliphatic heterocycles. The van der Waals surface area contributed by atoms with E-state index >= 15 is 4.39 Å². The van der Waals surface area contributed by atoms with Gasteiger partial charge in [-0.05, 0) is 50.0 Å². The van der Waals surface area contributed by atoms with E-state index in [1.54, 1.807) is 37.1 Å². The second kappa shape index (κ2) is 8.37. The van der Waals surface area contributed by atoms with Gasteiger partial charge in [0.25, 0.3) is 0 Å². The van der Waals surface area contributed by atoms with Crippen molar-refractivity contribution in [3.63, 3.8) is 0 Å². The van der Waals surface area contributed by atoms with Crippen LogP contribution in [-0.2, 0) is 6.54 Å². The number of halogens is 1. The van der Waals surface area contributed by atoms with Crippen LogP contribution < -0.4 is 0 Å². The molecule has 5 heterocycles. The molecule has 6 aromatic rings. The summed E-state index contributed by atoms with van der Waals surface area (Å²) in [7, 11) is 3.97. The summed E-state index contributed by atoms with van der Waals surface area (Å²) in [6.07, 6.45) is 8.68. The van der Waals surface area contributed by atoms with Gasteiger partial charge in [0.2, 0.25) is 0 Å². The fraction of sp³-hybridized carbons (Fsp3) is 0.115. The van der Waals surface area contributed by atoms with Gasteiger partial charge in [0.1, 0.15) is 11.5 Å². The van der Waals surface area contributed by atoms with E-state index in [1.807, 2.05) is 49.3 Å². The van der Waals surface area contributed by atoms with E-state index < -0.39 is 0 Å². The molecule has 6 rings (SSSR count). The molecule has 0 atom stereocenters. The first-order chi connectivity index (χ1) is 17.1. The summed E-state index contributed by atoms with van der Waals surface area (Å²) in [4.78, 5) is 22.9. The van der Waals surface area contributed by atoms with Crippen LogP contribution in [0.1, 0.15) is 5.56 Å². The summed E-state index contributed by atoms with van der Waals surface area (Å²) >= 11 is 0. The van der Waals surface area contributed by atoms with Gasteiger partial charge in [0, 0.05) is 59.8 Å². The first-order valence-electron chi connectivity index (χ1n) is 11.1. The van der Waals surface area contributed by atoms with Gasteiger partial charge < -0.3 is 9.88 Å². The van der Waals surface area contributed by atoms with Crippen LogP contribution in [0.15, 0.2) is 67.4 Å². The third-order valence-electron chi connectivity index (χ3n) is 5.86. The standard InChI is InChI=1S/C26H21FN8/c1-35(2)14-15-10-17(13-29-11-15)18-5-6-20-21(22(18)27)24(34-33-20)26-31-23-19(7-9-30-25(23)32-26)16-4-3-8-28-12-16/h3-13H,14H2,1-2H3,(H,33,34)(H,30,31,32).